The van der Waals surface area contributed by atoms with E-state index in [2.05, 4.69) is 0 Å². The highest BCUT2D eigenvalue weighted by molar-refractivity contribution is 8.00. The third-order valence-electron chi connectivity index (χ3n) is 2.55. The van der Waals surface area contributed by atoms with Crippen molar-refractivity contribution in [1.29, 1.82) is 0 Å². The number of sulfonamides is 1. The molecule has 1 aromatic carbocycles. The highest BCUT2D eigenvalue weighted by atomic mass is 35.5. The predicted molar refractivity (Wildman–Crippen MR) is 69.2 cm³/mol. The molecule has 1 fully saturated rings. The van der Waals surface area contributed by atoms with Gasteiger partial charge in [-0.25, -0.2) is 8.42 Å². The van der Waals surface area contributed by atoms with Gasteiger partial charge in [0.2, 0.25) is 10.0 Å². The van der Waals surface area contributed by atoms with Crippen LogP contribution in [0.15, 0.2) is 29.2 Å². The lowest BCUT2D eigenvalue weighted by Gasteiger charge is -2.20. The molecule has 0 aromatic heterocycles. The molecule has 1 saturated heterocycles. The summed E-state index contributed by atoms with van der Waals surface area (Å²) in [4.78, 5) is 11.0. The standard InChI is InChI=1S/C10H10ClNO4S2/c11-7-3-1-2-4-9(7)18(15,16)12-6-17-5-8(12)10(13)14/h1-4,8H,5-6H2,(H,13,14)/t8-/m0/s1. The molecule has 8 heteroatoms. The predicted octanol–water partition coefficient (Wildman–Crippen LogP) is 1.49. The molecule has 1 aromatic rings. The van der Waals surface area contributed by atoms with E-state index >= 15 is 0 Å². The number of thioether (sulfide) groups is 1. The van der Waals surface area contributed by atoms with Crippen LogP contribution in [-0.2, 0) is 14.8 Å². The summed E-state index contributed by atoms with van der Waals surface area (Å²) in [6.45, 7) is 0. The Balaban J connectivity index is 2.43. The zero-order valence-electron chi connectivity index (χ0n) is 9.11. The maximum Gasteiger partial charge on any atom is 0.322 e. The number of carboxylic acid groups (broad SMARTS) is 1. The second kappa shape index (κ2) is 5.08. The minimum atomic E-state index is -3.86. The summed E-state index contributed by atoms with van der Waals surface area (Å²) in [7, 11) is -3.86. The average molecular weight is 308 g/mol. The fourth-order valence-electron chi connectivity index (χ4n) is 1.64. The van der Waals surface area contributed by atoms with Gasteiger partial charge in [-0.05, 0) is 12.1 Å². The fourth-order valence-corrected chi connectivity index (χ4v) is 5.27. The van der Waals surface area contributed by atoms with E-state index in [1.165, 1.54) is 23.9 Å². The van der Waals surface area contributed by atoms with Crippen molar-refractivity contribution >= 4 is 39.4 Å². The first-order chi connectivity index (χ1) is 8.44. The monoisotopic (exact) mass is 307 g/mol. The summed E-state index contributed by atoms with van der Waals surface area (Å²) in [6, 6.07) is 4.98. The minimum absolute atomic E-state index is 0.0552. The molecule has 0 bridgehead atoms. The molecule has 0 amide bonds. The van der Waals surface area contributed by atoms with E-state index in [1.54, 1.807) is 12.1 Å². The van der Waals surface area contributed by atoms with Crippen molar-refractivity contribution in [2.75, 3.05) is 11.6 Å². The van der Waals surface area contributed by atoms with E-state index in [0.717, 1.165) is 4.31 Å². The largest absolute Gasteiger partial charge is 0.480 e. The Labute approximate surface area is 114 Å². The number of hydrogen-bond acceptors (Lipinski definition) is 4. The summed E-state index contributed by atoms with van der Waals surface area (Å²) < 4.78 is 25.6. The van der Waals surface area contributed by atoms with E-state index in [9.17, 15) is 13.2 Å². The van der Waals surface area contributed by atoms with Gasteiger partial charge in [0.25, 0.3) is 0 Å². The first kappa shape index (κ1) is 13.7. The quantitative estimate of drug-likeness (QED) is 0.915. The summed E-state index contributed by atoms with van der Waals surface area (Å²) in [5.74, 6) is -0.764. The van der Waals surface area contributed by atoms with E-state index in [4.69, 9.17) is 16.7 Å². The number of carbonyl (C=O) groups is 1. The van der Waals surface area contributed by atoms with Crippen molar-refractivity contribution in [2.45, 2.75) is 10.9 Å². The maximum absolute atomic E-state index is 12.3. The molecule has 1 N–H and O–H groups in total. The number of halogens is 1. The molecule has 0 saturated carbocycles. The maximum atomic E-state index is 12.3. The number of hydrogen-bond donors (Lipinski definition) is 1. The van der Waals surface area contributed by atoms with Crippen molar-refractivity contribution in [3.8, 4) is 0 Å². The van der Waals surface area contributed by atoms with Gasteiger partial charge in [0.05, 0.1) is 10.9 Å². The van der Waals surface area contributed by atoms with Crippen molar-refractivity contribution in [3.05, 3.63) is 29.3 Å². The second-order valence-electron chi connectivity index (χ2n) is 3.68. The number of rotatable bonds is 3. The Kier molecular flexibility index (Phi) is 3.86. The van der Waals surface area contributed by atoms with Crippen molar-refractivity contribution in [2.24, 2.45) is 0 Å². The Bertz CT molecular complexity index is 575. The molecule has 18 heavy (non-hydrogen) atoms. The molecule has 0 aliphatic carbocycles. The van der Waals surface area contributed by atoms with Gasteiger partial charge in [0, 0.05) is 5.75 Å². The molecular weight excluding hydrogens is 298 g/mol. The highest BCUT2D eigenvalue weighted by Crippen LogP contribution is 2.31. The minimum Gasteiger partial charge on any atom is -0.480 e. The van der Waals surface area contributed by atoms with Crippen LogP contribution in [0.1, 0.15) is 0 Å². The normalized spacial score (nSPS) is 21.1. The van der Waals surface area contributed by atoms with Crippen molar-refractivity contribution < 1.29 is 18.3 Å². The van der Waals surface area contributed by atoms with E-state index in [0.29, 0.717) is 0 Å². The summed E-state index contributed by atoms with van der Waals surface area (Å²) in [5.41, 5.74) is 0. The van der Waals surface area contributed by atoms with Crippen LogP contribution in [0.5, 0.6) is 0 Å². The van der Waals surface area contributed by atoms with E-state index in [-0.39, 0.29) is 21.5 Å². The second-order valence-corrected chi connectivity index (χ2v) is 6.94. The SMILES string of the molecule is O=C(O)[C@@H]1CSCN1S(=O)(=O)c1ccccc1Cl. The van der Waals surface area contributed by atoms with Crippen LogP contribution in [0.25, 0.3) is 0 Å². The number of carboxylic acids is 1. The third kappa shape index (κ3) is 2.35. The average Bonchev–Trinajstić information content (AvgIpc) is 2.78. The van der Waals surface area contributed by atoms with Gasteiger partial charge in [0.15, 0.2) is 0 Å². The number of benzene rings is 1. The van der Waals surface area contributed by atoms with Crippen LogP contribution in [-0.4, -0.2) is 41.5 Å². The van der Waals surface area contributed by atoms with Gasteiger partial charge in [0.1, 0.15) is 10.9 Å². The van der Waals surface area contributed by atoms with E-state index < -0.39 is 22.0 Å². The zero-order chi connectivity index (χ0) is 13.3. The number of aliphatic carboxylic acids is 1. The van der Waals surface area contributed by atoms with Gasteiger partial charge in [-0.15, -0.1) is 11.8 Å². The van der Waals surface area contributed by atoms with Gasteiger partial charge in [-0.1, -0.05) is 23.7 Å². The van der Waals surface area contributed by atoms with E-state index in [1.807, 2.05) is 0 Å². The lowest BCUT2D eigenvalue weighted by Crippen LogP contribution is -2.41. The Morgan fingerprint density at radius 2 is 2.11 bits per heavy atom. The first-order valence-corrected chi connectivity index (χ1v) is 7.99. The number of nitrogens with zero attached hydrogens (tertiary/aromatic N) is 1. The molecule has 0 spiro atoms. The smallest absolute Gasteiger partial charge is 0.322 e. The summed E-state index contributed by atoms with van der Waals surface area (Å²) in [6.07, 6.45) is 0. The summed E-state index contributed by atoms with van der Waals surface area (Å²) in [5, 5.41) is 9.11. The topological polar surface area (TPSA) is 74.7 Å². The molecule has 1 aliphatic rings. The molecule has 1 atom stereocenters. The molecule has 0 radical (unpaired) electrons. The first-order valence-electron chi connectivity index (χ1n) is 5.01. The van der Waals surface area contributed by atoms with Crippen LogP contribution in [0.4, 0.5) is 0 Å². The molecule has 2 rings (SSSR count). The van der Waals surface area contributed by atoms with Gasteiger partial charge in [-0.3, -0.25) is 4.79 Å². The lowest BCUT2D eigenvalue weighted by atomic mass is 10.4. The Morgan fingerprint density at radius 3 is 2.72 bits per heavy atom. The van der Waals surface area contributed by atoms with Crippen LogP contribution in [0, 0.1) is 0 Å². The van der Waals surface area contributed by atoms with Crippen LogP contribution in [0.3, 0.4) is 0 Å². The zero-order valence-corrected chi connectivity index (χ0v) is 11.5. The van der Waals surface area contributed by atoms with Gasteiger partial charge < -0.3 is 5.11 Å². The highest BCUT2D eigenvalue weighted by Gasteiger charge is 2.40. The van der Waals surface area contributed by atoms with Gasteiger partial charge in [-0.2, -0.15) is 4.31 Å². The van der Waals surface area contributed by atoms with Crippen molar-refractivity contribution in [3.63, 3.8) is 0 Å². The molecule has 98 valence electrons. The molecule has 5 nitrogen and oxygen atoms in total. The molecule has 1 aliphatic heterocycles. The lowest BCUT2D eigenvalue weighted by molar-refractivity contribution is -0.140. The van der Waals surface area contributed by atoms with Gasteiger partial charge >= 0.3 is 5.97 Å². The fraction of sp³-hybridized carbons (Fsp3) is 0.300. The molecule has 1 heterocycles. The van der Waals surface area contributed by atoms with Crippen molar-refractivity contribution in [1.82, 2.24) is 4.31 Å². The summed E-state index contributed by atoms with van der Waals surface area (Å²) >= 11 is 7.12. The van der Waals surface area contributed by atoms with Crippen LogP contribution >= 0.6 is 23.4 Å². The van der Waals surface area contributed by atoms with Crippen LogP contribution < -0.4 is 0 Å². The van der Waals surface area contributed by atoms with Crippen LogP contribution in [0.2, 0.25) is 5.02 Å². The third-order valence-corrected chi connectivity index (χ3v) is 6.08. The Hall–Kier alpha value is -0.760. The molecular formula is C10H10ClNO4S2. The molecule has 0 unspecified atom stereocenters. The Morgan fingerprint density at radius 1 is 1.44 bits per heavy atom.